The van der Waals surface area contributed by atoms with Crippen molar-refractivity contribution < 1.29 is 17.9 Å². The Balaban J connectivity index is 1.50. The lowest BCUT2D eigenvalue weighted by Crippen LogP contribution is -2.20. The molecule has 0 aliphatic rings. The zero-order chi connectivity index (χ0) is 28.3. The molecular weight excluding hydrogens is 585 g/mol. The summed E-state index contributed by atoms with van der Waals surface area (Å²) in [5.74, 6) is 0.500. The molecule has 5 aromatic rings. The molecule has 0 fully saturated rings. The van der Waals surface area contributed by atoms with Crippen LogP contribution in [-0.2, 0) is 12.8 Å². The molecule has 10 heteroatoms. The third-order valence-corrected chi connectivity index (χ3v) is 6.62. The van der Waals surface area contributed by atoms with Crippen LogP contribution in [0.1, 0.15) is 22.3 Å². The number of nitrogens with zero attached hydrogens (tertiary/aromatic N) is 4. The fourth-order valence-corrected chi connectivity index (χ4v) is 4.51. The lowest BCUT2D eigenvalue weighted by atomic mass is 10.1. The van der Waals surface area contributed by atoms with E-state index >= 15 is 0 Å². The number of hydrogen-bond acceptors (Lipinski definition) is 5. The molecule has 0 N–H and O–H groups in total. The summed E-state index contributed by atoms with van der Waals surface area (Å²) in [6, 6.07) is 25.6. The average molecular weight is 603 g/mol. The topological polar surface area (TPSA) is 80.3 Å². The minimum absolute atomic E-state index is 0.0266. The zero-order valence-corrected chi connectivity index (χ0v) is 22.1. The highest BCUT2D eigenvalue weighted by molar-refractivity contribution is 9.10. The van der Waals surface area contributed by atoms with Crippen molar-refractivity contribution in [2.45, 2.75) is 12.8 Å². The lowest BCUT2D eigenvalue weighted by Gasteiger charge is -2.12. The Morgan fingerprint density at radius 1 is 1.00 bits per heavy atom. The molecule has 0 aliphatic heterocycles. The number of nitriles is 1. The van der Waals surface area contributed by atoms with Gasteiger partial charge in [0.2, 0.25) is 0 Å². The van der Waals surface area contributed by atoms with E-state index < -0.39 is 17.3 Å². The van der Waals surface area contributed by atoms with Crippen molar-refractivity contribution in [3.8, 4) is 23.2 Å². The average Bonchev–Trinajstić information content (AvgIpc) is 2.96. The monoisotopic (exact) mass is 602 g/mol. The normalized spacial score (nSPS) is 11.6. The van der Waals surface area contributed by atoms with Gasteiger partial charge in [0.05, 0.1) is 38.8 Å². The Hall–Kier alpha value is -4.75. The fourth-order valence-electron chi connectivity index (χ4n) is 4.00. The van der Waals surface area contributed by atoms with Gasteiger partial charge in [-0.25, -0.2) is 4.98 Å². The highest BCUT2D eigenvalue weighted by atomic mass is 79.9. The maximum atomic E-state index is 13.4. The van der Waals surface area contributed by atoms with E-state index in [1.54, 1.807) is 54.6 Å². The number of fused-ring (bicyclic) bond motifs is 1. The summed E-state index contributed by atoms with van der Waals surface area (Å²) in [5.41, 5.74) is 0.906. The Morgan fingerprint density at radius 2 is 1.77 bits per heavy atom. The van der Waals surface area contributed by atoms with Crippen molar-refractivity contribution in [3.63, 3.8) is 0 Å². The van der Waals surface area contributed by atoms with E-state index in [0.29, 0.717) is 26.9 Å². The predicted octanol–water partition coefficient (Wildman–Crippen LogP) is 7.18. The van der Waals surface area contributed by atoms with Crippen molar-refractivity contribution in [3.05, 3.63) is 128 Å². The van der Waals surface area contributed by atoms with Gasteiger partial charge < -0.3 is 4.74 Å². The van der Waals surface area contributed by atoms with Crippen LogP contribution in [0.2, 0.25) is 0 Å². The molecule has 4 aromatic carbocycles. The van der Waals surface area contributed by atoms with Crippen LogP contribution in [0, 0.1) is 11.3 Å². The van der Waals surface area contributed by atoms with E-state index in [2.05, 4.69) is 32.1 Å². The summed E-state index contributed by atoms with van der Waals surface area (Å²) in [4.78, 5) is 17.8. The number of rotatable bonds is 6. The minimum Gasteiger partial charge on any atom is -0.488 e. The number of ether oxygens (including phenoxy) is 1. The molecule has 0 saturated heterocycles. The van der Waals surface area contributed by atoms with Crippen molar-refractivity contribution in [2.24, 2.45) is 5.10 Å². The molecule has 5 rings (SSSR count). The van der Waals surface area contributed by atoms with Crippen LogP contribution < -0.4 is 10.3 Å². The van der Waals surface area contributed by atoms with E-state index in [1.807, 2.05) is 12.1 Å². The first kappa shape index (κ1) is 26.8. The molecule has 0 aliphatic carbocycles. The van der Waals surface area contributed by atoms with Crippen LogP contribution in [0.4, 0.5) is 13.2 Å². The quantitative estimate of drug-likeness (QED) is 0.193. The molecule has 0 spiro atoms. The highest BCUT2D eigenvalue weighted by Crippen LogP contribution is 2.32. The van der Waals surface area contributed by atoms with Crippen LogP contribution in [0.15, 0.2) is 105 Å². The van der Waals surface area contributed by atoms with E-state index in [-0.39, 0.29) is 23.4 Å². The number of halogens is 4. The third kappa shape index (κ3) is 5.65. The number of para-hydroxylation sites is 1. The van der Waals surface area contributed by atoms with Gasteiger partial charge in [0, 0.05) is 11.1 Å². The molecule has 1 heterocycles. The van der Waals surface area contributed by atoms with Crippen LogP contribution >= 0.6 is 15.9 Å². The first-order valence-corrected chi connectivity index (χ1v) is 12.7. The van der Waals surface area contributed by atoms with Crippen LogP contribution in [-0.4, -0.2) is 15.9 Å². The Labute approximate surface area is 234 Å². The number of hydrogen-bond donors (Lipinski definition) is 0. The first-order valence-electron chi connectivity index (χ1n) is 11.9. The Kier molecular flexibility index (Phi) is 7.49. The zero-order valence-electron chi connectivity index (χ0n) is 20.6. The number of aromatic nitrogens is 2. The number of alkyl halides is 3. The van der Waals surface area contributed by atoms with Crippen molar-refractivity contribution >= 4 is 33.0 Å². The molecular formula is C30H18BrF3N4O2. The second-order valence-corrected chi connectivity index (χ2v) is 9.49. The van der Waals surface area contributed by atoms with E-state index in [4.69, 9.17) is 4.74 Å². The van der Waals surface area contributed by atoms with Crippen molar-refractivity contribution in [1.29, 1.82) is 5.26 Å². The maximum Gasteiger partial charge on any atom is 0.416 e. The summed E-state index contributed by atoms with van der Waals surface area (Å²) in [6.07, 6.45) is -3.15. The van der Waals surface area contributed by atoms with Gasteiger partial charge in [-0.05, 0) is 70.0 Å². The summed E-state index contributed by atoms with van der Waals surface area (Å²) in [5, 5.41) is 13.9. The molecule has 198 valence electrons. The second-order valence-electron chi connectivity index (χ2n) is 8.64. The predicted molar refractivity (Wildman–Crippen MR) is 149 cm³/mol. The van der Waals surface area contributed by atoms with Gasteiger partial charge in [0.15, 0.2) is 5.82 Å². The van der Waals surface area contributed by atoms with Gasteiger partial charge in [-0.15, -0.1) is 0 Å². The molecule has 40 heavy (non-hydrogen) atoms. The maximum absolute atomic E-state index is 13.4. The summed E-state index contributed by atoms with van der Waals surface area (Å²) in [7, 11) is 0. The molecule has 0 amide bonds. The fraction of sp³-hybridized carbons (Fsp3) is 0.0667. The van der Waals surface area contributed by atoms with Gasteiger partial charge in [-0.2, -0.15) is 28.2 Å². The largest absolute Gasteiger partial charge is 0.488 e. The molecule has 6 nitrogen and oxygen atoms in total. The van der Waals surface area contributed by atoms with Crippen molar-refractivity contribution in [2.75, 3.05) is 0 Å². The molecule has 0 radical (unpaired) electrons. The summed E-state index contributed by atoms with van der Waals surface area (Å²) >= 11 is 3.47. The van der Waals surface area contributed by atoms with Crippen LogP contribution in [0.3, 0.4) is 0 Å². The second kappa shape index (κ2) is 11.2. The molecule has 0 saturated carbocycles. The lowest BCUT2D eigenvalue weighted by molar-refractivity contribution is -0.137. The van der Waals surface area contributed by atoms with Gasteiger partial charge in [0.1, 0.15) is 12.4 Å². The van der Waals surface area contributed by atoms with Crippen LogP contribution in [0.5, 0.6) is 5.75 Å². The smallest absolute Gasteiger partial charge is 0.416 e. The molecule has 0 bridgehead atoms. The van der Waals surface area contributed by atoms with Crippen molar-refractivity contribution in [1.82, 2.24) is 9.66 Å². The molecule has 0 atom stereocenters. The van der Waals surface area contributed by atoms with E-state index in [9.17, 15) is 23.2 Å². The number of benzene rings is 4. The van der Waals surface area contributed by atoms with Gasteiger partial charge in [0.25, 0.3) is 5.56 Å². The third-order valence-electron chi connectivity index (χ3n) is 6.00. The van der Waals surface area contributed by atoms with Gasteiger partial charge in [-0.3, -0.25) is 4.79 Å². The Morgan fingerprint density at radius 3 is 2.55 bits per heavy atom. The minimum atomic E-state index is -4.56. The molecule has 1 aromatic heterocycles. The van der Waals surface area contributed by atoms with E-state index in [1.165, 1.54) is 18.3 Å². The van der Waals surface area contributed by atoms with Crippen LogP contribution in [0.25, 0.3) is 22.3 Å². The summed E-state index contributed by atoms with van der Waals surface area (Å²) < 4.78 is 47.7. The Bertz CT molecular complexity index is 1860. The van der Waals surface area contributed by atoms with Gasteiger partial charge in [-0.1, -0.05) is 42.5 Å². The van der Waals surface area contributed by atoms with E-state index in [0.717, 1.165) is 22.4 Å². The van der Waals surface area contributed by atoms with Gasteiger partial charge >= 0.3 is 6.18 Å². The molecule has 0 unspecified atom stereocenters. The first-order chi connectivity index (χ1) is 19.2. The SMILES string of the molecule is N#Cc1ccccc1COc1ccc(C=Nn2c(-c3cccc(C(F)(F)F)c3)nc3ccccc3c2=O)cc1Br. The summed E-state index contributed by atoms with van der Waals surface area (Å²) in [6.45, 7) is 0.189. The standard InChI is InChI=1S/C30H18BrF3N4O2/c31-25-14-19(12-13-27(25)40-18-22-7-2-1-6-21(22)16-35)17-36-38-28(20-8-5-9-23(15-20)30(32,33)34)37-26-11-4-3-10-24(26)29(38)39/h1-15,17H,18H2. The highest BCUT2D eigenvalue weighted by Gasteiger charge is 2.31.